The fraction of sp³-hybridized carbons (Fsp3) is 0.500. The first-order valence-corrected chi connectivity index (χ1v) is 6.06. The van der Waals surface area contributed by atoms with Crippen LogP contribution in [0.2, 0.25) is 0 Å². The molecule has 0 aliphatic heterocycles. The Morgan fingerprint density at radius 2 is 2.12 bits per heavy atom. The number of carbonyl (C=O) groups is 1. The monoisotopic (exact) mass is 235 g/mol. The van der Waals surface area contributed by atoms with E-state index in [4.69, 9.17) is 4.74 Å². The Labute approximate surface area is 103 Å². The molecule has 1 aromatic carbocycles. The minimum Gasteiger partial charge on any atom is -0.465 e. The van der Waals surface area contributed by atoms with E-state index < -0.39 is 0 Å². The van der Waals surface area contributed by atoms with Crippen molar-refractivity contribution < 1.29 is 9.53 Å². The van der Waals surface area contributed by atoms with Crippen LogP contribution in [-0.2, 0) is 16.0 Å². The minimum atomic E-state index is -0.187. The molecule has 3 heteroatoms. The molecule has 0 aromatic heterocycles. The lowest BCUT2D eigenvalue weighted by atomic mass is 10.0. The van der Waals surface area contributed by atoms with E-state index in [1.54, 1.807) is 0 Å². The van der Waals surface area contributed by atoms with Crippen LogP contribution in [-0.4, -0.2) is 25.7 Å². The van der Waals surface area contributed by atoms with Crippen molar-refractivity contribution in [2.45, 2.75) is 27.2 Å². The molecule has 0 radical (unpaired) electrons. The Balaban J connectivity index is 2.29. The Kier molecular flexibility index (Phi) is 5.70. The van der Waals surface area contributed by atoms with Gasteiger partial charge in [-0.2, -0.15) is 0 Å². The van der Waals surface area contributed by atoms with Gasteiger partial charge in [0.25, 0.3) is 0 Å². The molecular formula is C14H21NO2. The van der Waals surface area contributed by atoms with E-state index in [1.165, 1.54) is 16.7 Å². The molecule has 0 saturated carbocycles. The summed E-state index contributed by atoms with van der Waals surface area (Å²) in [6.45, 7) is 7.55. The van der Waals surface area contributed by atoms with E-state index in [2.05, 4.69) is 37.4 Å². The molecule has 1 rings (SSSR count). The lowest BCUT2D eigenvalue weighted by Crippen LogP contribution is -2.26. The Bertz CT molecular complexity index is 374. The molecule has 0 amide bonds. The third-order valence-corrected chi connectivity index (χ3v) is 2.64. The van der Waals surface area contributed by atoms with Gasteiger partial charge in [-0.3, -0.25) is 4.79 Å². The molecular weight excluding hydrogens is 214 g/mol. The second kappa shape index (κ2) is 7.07. The average molecular weight is 235 g/mol. The van der Waals surface area contributed by atoms with E-state index in [-0.39, 0.29) is 5.97 Å². The maximum absolute atomic E-state index is 11.1. The lowest BCUT2D eigenvalue weighted by Gasteiger charge is -2.08. The van der Waals surface area contributed by atoms with Gasteiger partial charge in [-0.05, 0) is 44.9 Å². The van der Waals surface area contributed by atoms with Gasteiger partial charge in [0.2, 0.25) is 0 Å². The summed E-state index contributed by atoms with van der Waals surface area (Å²) in [5.74, 6) is -0.187. The second-order valence-electron chi connectivity index (χ2n) is 4.16. The van der Waals surface area contributed by atoms with E-state index in [0.29, 0.717) is 13.2 Å². The van der Waals surface area contributed by atoms with Crippen molar-refractivity contribution >= 4 is 5.97 Å². The zero-order valence-corrected chi connectivity index (χ0v) is 10.9. The number of esters is 1. The zero-order valence-electron chi connectivity index (χ0n) is 10.9. The molecule has 0 atom stereocenters. The highest BCUT2D eigenvalue weighted by Crippen LogP contribution is 2.10. The lowest BCUT2D eigenvalue weighted by molar-refractivity contribution is -0.141. The van der Waals surface area contributed by atoms with E-state index in [0.717, 1.165) is 13.0 Å². The smallest absolute Gasteiger partial charge is 0.319 e. The Hall–Kier alpha value is -1.35. The number of hydrogen-bond acceptors (Lipinski definition) is 3. The van der Waals surface area contributed by atoms with Crippen molar-refractivity contribution in [1.82, 2.24) is 5.32 Å². The first-order valence-electron chi connectivity index (χ1n) is 6.06. The van der Waals surface area contributed by atoms with Gasteiger partial charge in [-0.25, -0.2) is 0 Å². The Morgan fingerprint density at radius 3 is 2.76 bits per heavy atom. The van der Waals surface area contributed by atoms with Gasteiger partial charge in [0.05, 0.1) is 13.2 Å². The standard InChI is InChI=1S/C14H21NO2/c1-4-17-14(16)10-15-8-7-13-6-5-11(2)9-12(13)3/h5-6,9,15H,4,7-8,10H2,1-3H3. The van der Waals surface area contributed by atoms with Crippen LogP contribution in [0, 0.1) is 13.8 Å². The van der Waals surface area contributed by atoms with Gasteiger partial charge in [-0.15, -0.1) is 0 Å². The maximum Gasteiger partial charge on any atom is 0.319 e. The number of ether oxygens (including phenoxy) is 1. The summed E-state index contributed by atoms with van der Waals surface area (Å²) in [5, 5.41) is 3.09. The molecule has 94 valence electrons. The number of rotatable bonds is 6. The predicted molar refractivity (Wildman–Crippen MR) is 69.1 cm³/mol. The molecule has 0 unspecified atom stereocenters. The summed E-state index contributed by atoms with van der Waals surface area (Å²) in [4.78, 5) is 11.1. The van der Waals surface area contributed by atoms with Crippen molar-refractivity contribution in [2.75, 3.05) is 19.7 Å². The highest BCUT2D eigenvalue weighted by Gasteiger charge is 2.01. The molecule has 0 aliphatic rings. The van der Waals surface area contributed by atoms with Crippen LogP contribution in [0.4, 0.5) is 0 Å². The summed E-state index contributed by atoms with van der Waals surface area (Å²) >= 11 is 0. The van der Waals surface area contributed by atoms with Crippen LogP contribution in [0.3, 0.4) is 0 Å². The number of carbonyl (C=O) groups excluding carboxylic acids is 1. The molecule has 0 saturated heterocycles. The number of hydrogen-bond donors (Lipinski definition) is 1. The van der Waals surface area contributed by atoms with Crippen LogP contribution in [0.1, 0.15) is 23.6 Å². The van der Waals surface area contributed by atoms with Crippen LogP contribution in [0.5, 0.6) is 0 Å². The van der Waals surface area contributed by atoms with Crippen molar-refractivity contribution in [3.8, 4) is 0 Å². The van der Waals surface area contributed by atoms with Crippen molar-refractivity contribution in [3.63, 3.8) is 0 Å². The number of aryl methyl sites for hydroxylation is 2. The highest BCUT2D eigenvalue weighted by atomic mass is 16.5. The summed E-state index contributed by atoms with van der Waals surface area (Å²) in [6, 6.07) is 6.45. The molecule has 0 spiro atoms. The number of benzene rings is 1. The summed E-state index contributed by atoms with van der Waals surface area (Å²) < 4.78 is 4.83. The third-order valence-electron chi connectivity index (χ3n) is 2.64. The van der Waals surface area contributed by atoms with Gasteiger partial charge in [-0.1, -0.05) is 23.8 Å². The fourth-order valence-electron chi connectivity index (χ4n) is 1.75. The molecule has 0 heterocycles. The SMILES string of the molecule is CCOC(=O)CNCCc1ccc(C)cc1C. The van der Waals surface area contributed by atoms with E-state index in [1.807, 2.05) is 6.92 Å². The van der Waals surface area contributed by atoms with Gasteiger partial charge in [0.1, 0.15) is 0 Å². The first kappa shape index (κ1) is 13.7. The van der Waals surface area contributed by atoms with Crippen LogP contribution >= 0.6 is 0 Å². The van der Waals surface area contributed by atoms with Crippen LogP contribution < -0.4 is 5.32 Å². The quantitative estimate of drug-likeness (QED) is 0.605. The molecule has 3 nitrogen and oxygen atoms in total. The van der Waals surface area contributed by atoms with Gasteiger partial charge in [0.15, 0.2) is 0 Å². The van der Waals surface area contributed by atoms with Gasteiger partial charge < -0.3 is 10.1 Å². The largest absolute Gasteiger partial charge is 0.465 e. The summed E-state index contributed by atoms with van der Waals surface area (Å²) in [5.41, 5.74) is 3.92. The molecule has 1 aromatic rings. The third kappa shape index (κ3) is 5.00. The zero-order chi connectivity index (χ0) is 12.7. The predicted octanol–water partition coefficient (Wildman–Crippen LogP) is 2.00. The molecule has 0 bridgehead atoms. The minimum absolute atomic E-state index is 0.187. The molecule has 0 aliphatic carbocycles. The van der Waals surface area contributed by atoms with Gasteiger partial charge in [0, 0.05) is 0 Å². The van der Waals surface area contributed by atoms with Crippen molar-refractivity contribution in [1.29, 1.82) is 0 Å². The summed E-state index contributed by atoms with van der Waals surface area (Å²) in [6.07, 6.45) is 0.936. The molecule has 17 heavy (non-hydrogen) atoms. The van der Waals surface area contributed by atoms with Crippen molar-refractivity contribution in [2.24, 2.45) is 0 Å². The first-order chi connectivity index (χ1) is 8.13. The maximum atomic E-state index is 11.1. The topological polar surface area (TPSA) is 38.3 Å². The fourth-order valence-corrected chi connectivity index (χ4v) is 1.75. The second-order valence-corrected chi connectivity index (χ2v) is 4.16. The highest BCUT2D eigenvalue weighted by molar-refractivity contribution is 5.71. The average Bonchev–Trinajstić information content (AvgIpc) is 2.27. The Morgan fingerprint density at radius 1 is 1.35 bits per heavy atom. The van der Waals surface area contributed by atoms with E-state index >= 15 is 0 Å². The van der Waals surface area contributed by atoms with E-state index in [9.17, 15) is 4.79 Å². The number of nitrogens with one attached hydrogen (secondary N) is 1. The molecule has 1 N–H and O–H groups in total. The summed E-state index contributed by atoms with van der Waals surface area (Å²) in [7, 11) is 0. The van der Waals surface area contributed by atoms with Crippen LogP contribution in [0.25, 0.3) is 0 Å². The van der Waals surface area contributed by atoms with Gasteiger partial charge >= 0.3 is 5.97 Å². The van der Waals surface area contributed by atoms with Crippen molar-refractivity contribution in [3.05, 3.63) is 34.9 Å². The normalized spacial score (nSPS) is 10.3. The molecule has 0 fully saturated rings. The van der Waals surface area contributed by atoms with Crippen LogP contribution in [0.15, 0.2) is 18.2 Å².